The molecule has 2 heteroatoms. The third kappa shape index (κ3) is 4.54. The number of rotatable bonds is 3. The van der Waals surface area contributed by atoms with Crippen LogP contribution in [0.3, 0.4) is 0 Å². The molecule has 1 atom stereocenters. The summed E-state index contributed by atoms with van der Waals surface area (Å²) < 4.78 is 0. The largest absolute Gasteiger partial charge is 0.293 e. The van der Waals surface area contributed by atoms with E-state index in [1.165, 1.54) is 0 Å². The van der Waals surface area contributed by atoms with Gasteiger partial charge in [0.05, 0.1) is 0 Å². The van der Waals surface area contributed by atoms with E-state index in [0.717, 1.165) is 0 Å². The predicted molar refractivity (Wildman–Crippen MR) is 63.9 cm³/mol. The van der Waals surface area contributed by atoms with Crippen LogP contribution in [0, 0.1) is 5.92 Å². The Morgan fingerprint density at radius 1 is 1.47 bits per heavy atom. The Morgan fingerprint density at radius 3 is 2.60 bits per heavy atom. The SMILES string of the molecule is C/C=C/[C@H](C)C(=O)c1cccnc1.CC. The Morgan fingerprint density at radius 2 is 2.13 bits per heavy atom. The number of Topliss-reactive ketones (excluding diaryl/α,β-unsaturated/α-hetero) is 1. The minimum Gasteiger partial charge on any atom is -0.293 e. The number of pyridine rings is 1. The monoisotopic (exact) mass is 205 g/mol. The first-order chi connectivity index (χ1) is 7.25. The minimum absolute atomic E-state index is 0.0609. The van der Waals surface area contributed by atoms with Crippen molar-refractivity contribution in [3.63, 3.8) is 0 Å². The van der Waals surface area contributed by atoms with E-state index in [9.17, 15) is 4.79 Å². The van der Waals surface area contributed by atoms with Crippen molar-refractivity contribution in [2.45, 2.75) is 27.7 Å². The molecule has 0 aromatic carbocycles. The van der Waals surface area contributed by atoms with Crippen LogP contribution >= 0.6 is 0 Å². The first kappa shape index (κ1) is 13.6. The van der Waals surface area contributed by atoms with Crippen molar-refractivity contribution in [1.29, 1.82) is 0 Å². The lowest BCUT2D eigenvalue weighted by molar-refractivity contribution is 0.0953. The Labute approximate surface area is 92.0 Å². The molecule has 1 rings (SSSR count). The molecule has 0 unspecified atom stereocenters. The molecule has 0 aliphatic carbocycles. The lowest BCUT2D eigenvalue weighted by Crippen LogP contribution is -2.08. The van der Waals surface area contributed by atoms with Crippen LogP contribution in [0.25, 0.3) is 0 Å². The molecule has 0 aliphatic rings. The molecule has 0 amide bonds. The van der Waals surface area contributed by atoms with Gasteiger partial charge < -0.3 is 0 Å². The van der Waals surface area contributed by atoms with Gasteiger partial charge in [-0.25, -0.2) is 0 Å². The smallest absolute Gasteiger partial charge is 0.170 e. The average Bonchev–Trinajstić information content (AvgIpc) is 2.32. The number of aromatic nitrogens is 1. The summed E-state index contributed by atoms with van der Waals surface area (Å²) in [4.78, 5) is 15.5. The summed E-state index contributed by atoms with van der Waals surface area (Å²) in [5, 5.41) is 0. The van der Waals surface area contributed by atoms with Crippen LogP contribution in [0.15, 0.2) is 36.7 Å². The molecule has 1 heterocycles. The van der Waals surface area contributed by atoms with Crippen molar-refractivity contribution in [1.82, 2.24) is 4.98 Å². The van der Waals surface area contributed by atoms with Gasteiger partial charge in [0.25, 0.3) is 0 Å². The number of nitrogens with zero attached hydrogens (tertiary/aromatic N) is 1. The molecule has 2 nitrogen and oxygen atoms in total. The number of hydrogen-bond acceptors (Lipinski definition) is 2. The van der Waals surface area contributed by atoms with Crippen LogP contribution in [0.2, 0.25) is 0 Å². The van der Waals surface area contributed by atoms with Gasteiger partial charge in [-0.1, -0.05) is 32.9 Å². The quantitative estimate of drug-likeness (QED) is 0.558. The van der Waals surface area contributed by atoms with Crippen molar-refractivity contribution in [3.05, 3.63) is 42.2 Å². The third-order valence-electron chi connectivity index (χ3n) is 1.84. The van der Waals surface area contributed by atoms with Gasteiger partial charge in [-0.05, 0) is 19.1 Å². The maximum atomic E-state index is 11.6. The van der Waals surface area contributed by atoms with Crippen molar-refractivity contribution >= 4 is 5.78 Å². The zero-order chi connectivity index (χ0) is 11.7. The predicted octanol–water partition coefficient (Wildman–Crippen LogP) is 3.50. The van der Waals surface area contributed by atoms with Gasteiger partial charge in [0.15, 0.2) is 5.78 Å². The van der Waals surface area contributed by atoms with Crippen LogP contribution in [-0.4, -0.2) is 10.8 Å². The number of carbonyl (C=O) groups excluding carboxylic acids is 1. The van der Waals surface area contributed by atoms with Crippen molar-refractivity contribution in [2.24, 2.45) is 5.92 Å². The molecule has 0 fully saturated rings. The fourth-order valence-electron chi connectivity index (χ4n) is 1.15. The van der Waals surface area contributed by atoms with Crippen LogP contribution in [-0.2, 0) is 0 Å². The molecule has 0 saturated carbocycles. The second-order valence-electron chi connectivity index (χ2n) is 2.92. The van der Waals surface area contributed by atoms with E-state index < -0.39 is 0 Å². The zero-order valence-corrected chi connectivity index (χ0v) is 9.90. The van der Waals surface area contributed by atoms with E-state index in [1.54, 1.807) is 24.5 Å². The van der Waals surface area contributed by atoms with Gasteiger partial charge in [0, 0.05) is 23.9 Å². The fourth-order valence-corrected chi connectivity index (χ4v) is 1.15. The van der Waals surface area contributed by atoms with Crippen molar-refractivity contribution in [3.8, 4) is 0 Å². The first-order valence-electron chi connectivity index (χ1n) is 5.32. The van der Waals surface area contributed by atoms with E-state index >= 15 is 0 Å². The molecule has 0 N–H and O–H groups in total. The molecule has 0 aliphatic heterocycles. The summed E-state index contributed by atoms with van der Waals surface area (Å²) in [6.07, 6.45) is 7.04. The summed E-state index contributed by atoms with van der Waals surface area (Å²) in [6.45, 7) is 7.79. The summed E-state index contributed by atoms with van der Waals surface area (Å²) in [7, 11) is 0. The summed E-state index contributed by atoms with van der Waals surface area (Å²) in [5.41, 5.74) is 0.674. The van der Waals surface area contributed by atoms with Gasteiger partial charge in [-0.15, -0.1) is 0 Å². The summed E-state index contributed by atoms with van der Waals surface area (Å²) in [5.74, 6) is 0.0559. The zero-order valence-electron chi connectivity index (χ0n) is 9.90. The topological polar surface area (TPSA) is 30.0 Å². The normalized spacial score (nSPS) is 11.7. The highest BCUT2D eigenvalue weighted by Crippen LogP contribution is 2.08. The Kier molecular flexibility index (Phi) is 7.16. The molecule has 1 aromatic rings. The summed E-state index contributed by atoms with van der Waals surface area (Å²) in [6, 6.07) is 3.56. The van der Waals surface area contributed by atoms with Crippen LogP contribution < -0.4 is 0 Å². The van der Waals surface area contributed by atoms with Gasteiger partial charge in [-0.2, -0.15) is 0 Å². The second kappa shape index (κ2) is 7.92. The van der Waals surface area contributed by atoms with Gasteiger partial charge in [0.2, 0.25) is 0 Å². The highest BCUT2D eigenvalue weighted by molar-refractivity contribution is 5.98. The van der Waals surface area contributed by atoms with Crippen LogP contribution in [0.4, 0.5) is 0 Å². The van der Waals surface area contributed by atoms with Gasteiger partial charge >= 0.3 is 0 Å². The molecular formula is C13H19NO. The Bertz CT molecular complexity index is 304. The molecule has 0 radical (unpaired) electrons. The molecule has 82 valence electrons. The van der Waals surface area contributed by atoms with E-state index in [4.69, 9.17) is 0 Å². The molecule has 0 saturated heterocycles. The van der Waals surface area contributed by atoms with E-state index in [1.807, 2.05) is 39.8 Å². The Balaban J connectivity index is 0.000000921. The second-order valence-corrected chi connectivity index (χ2v) is 2.92. The minimum atomic E-state index is -0.0609. The molecular weight excluding hydrogens is 186 g/mol. The van der Waals surface area contributed by atoms with Crippen LogP contribution in [0.5, 0.6) is 0 Å². The number of allylic oxidation sites excluding steroid dienone is 2. The molecule has 0 spiro atoms. The van der Waals surface area contributed by atoms with E-state index in [2.05, 4.69) is 4.98 Å². The van der Waals surface area contributed by atoms with E-state index in [0.29, 0.717) is 5.56 Å². The maximum Gasteiger partial charge on any atom is 0.170 e. The lowest BCUT2D eigenvalue weighted by Gasteiger charge is -2.03. The molecule has 1 aromatic heterocycles. The highest BCUT2D eigenvalue weighted by atomic mass is 16.1. The highest BCUT2D eigenvalue weighted by Gasteiger charge is 2.11. The van der Waals surface area contributed by atoms with Gasteiger partial charge in [0.1, 0.15) is 0 Å². The maximum absolute atomic E-state index is 11.6. The number of ketones is 1. The average molecular weight is 205 g/mol. The van der Waals surface area contributed by atoms with Crippen molar-refractivity contribution < 1.29 is 4.79 Å². The number of carbonyl (C=O) groups is 1. The third-order valence-corrected chi connectivity index (χ3v) is 1.84. The standard InChI is InChI=1S/C11H13NO.C2H6/c1-3-5-9(2)11(13)10-6-4-7-12-8-10;1-2/h3-9H,1-2H3;1-2H3/b5-3+;/t9-;/m0./s1. The first-order valence-corrected chi connectivity index (χ1v) is 5.32. The Hall–Kier alpha value is -1.44. The van der Waals surface area contributed by atoms with E-state index in [-0.39, 0.29) is 11.7 Å². The van der Waals surface area contributed by atoms with Crippen LogP contribution in [0.1, 0.15) is 38.1 Å². The fraction of sp³-hybridized carbons (Fsp3) is 0.385. The summed E-state index contributed by atoms with van der Waals surface area (Å²) >= 11 is 0. The van der Waals surface area contributed by atoms with Gasteiger partial charge in [-0.3, -0.25) is 9.78 Å². The van der Waals surface area contributed by atoms with Crippen molar-refractivity contribution in [2.75, 3.05) is 0 Å². The molecule has 0 bridgehead atoms. The number of hydrogen-bond donors (Lipinski definition) is 0. The lowest BCUT2D eigenvalue weighted by atomic mass is 10.0. The molecule has 15 heavy (non-hydrogen) atoms.